The molecule has 0 saturated heterocycles. The number of hydrogen-bond donors (Lipinski definition) is 1. The van der Waals surface area contributed by atoms with Gasteiger partial charge in [0.25, 0.3) is 0 Å². The zero-order chi connectivity index (χ0) is 16.2. The summed E-state index contributed by atoms with van der Waals surface area (Å²) in [5.74, 6) is 0. The number of hydrogen-bond acceptors (Lipinski definition) is 2. The first kappa shape index (κ1) is 17.3. The average Bonchev–Trinajstić information content (AvgIpc) is 2.84. The zero-order valence-corrected chi connectivity index (χ0v) is 15.9. The number of rotatable bonds is 6. The third kappa shape index (κ3) is 3.93. The van der Waals surface area contributed by atoms with Gasteiger partial charge in [-0.3, -0.25) is 5.41 Å². The van der Waals surface area contributed by atoms with E-state index in [9.17, 15) is 0 Å². The summed E-state index contributed by atoms with van der Waals surface area (Å²) in [5.41, 5.74) is 3.53. The van der Waals surface area contributed by atoms with Crippen molar-refractivity contribution in [1.82, 2.24) is 9.13 Å². The number of nitrogens with one attached hydrogen (secondary N) is 1. The Morgan fingerprint density at radius 2 is 1.74 bits per heavy atom. The molecule has 2 aliphatic rings. The maximum absolute atomic E-state index is 8.48. The van der Waals surface area contributed by atoms with Crippen LogP contribution in [0.15, 0.2) is 0 Å². The molecule has 0 spiro atoms. The van der Waals surface area contributed by atoms with Crippen LogP contribution >= 0.6 is 15.9 Å². The van der Waals surface area contributed by atoms with Crippen molar-refractivity contribution in [1.29, 1.82) is 5.41 Å². The molecule has 0 radical (unpaired) electrons. The molecule has 23 heavy (non-hydrogen) atoms. The highest BCUT2D eigenvalue weighted by Gasteiger charge is 2.21. The van der Waals surface area contributed by atoms with Crippen LogP contribution in [0.5, 0.6) is 0 Å². The summed E-state index contributed by atoms with van der Waals surface area (Å²) >= 11 is 3.70. The maximum atomic E-state index is 8.48. The normalized spacial score (nSPS) is 24.6. The predicted molar refractivity (Wildman–Crippen MR) is 96.1 cm³/mol. The Morgan fingerprint density at radius 1 is 1.09 bits per heavy atom. The molecule has 0 aromatic carbocycles. The van der Waals surface area contributed by atoms with Crippen molar-refractivity contribution in [2.75, 3.05) is 6.61 Å². The number of aromatic nitrogens is 2. The Hall–Kier alpha value is -0.550. The number of nitrogens with zero attached hydrogens (tertiary/aromatic N) is 2. The standard InChI is InChI=1S/C18H30BrN3O/c1-2-21-16-6-3-4-7-17(16)22(18(21)20)12-5-13-23-15-10-8-14(19)9-11-15/h14-15,20H,2-13H2,1H3. The lowest BCUT2D eigenvalue weighted by atomic mass is 9.98. The fourth-order valence-corrected chi connectivity index (χ4v) is 4.63. The van der Waals surface area contributed by atoms with E-state index >= 15 is 0 Å². The number of fused-ring (bicyclic) bond motifs is 1. The molecular weight excluding hydrogens is 354 g/mol. The van der Waals surface area contributed by atoms with Gasteiger partial charge in [-0.25, -0.2) is 0 Å². The Balaban J connectivity index is 1.54. The van der Waals surface area contributed by atoms with Gasteiger partial charge in [-0.2, -0.15) is 0 Å². The van der Waals surface area contributed by atoms with Crippen LogP contribution in [0.4, 0.5) is 0 Å². The molecule has 130 valence electrons. The van der Waals surface area contributed by atoms with Gasteiger partial charge in [0.05, 0.1) is 6.10 Å². The fourth-order valence-electron chi connectivity index (χ4n) is 4.10. The van der Waals surface area contributed by atoms with Gasteiger partial charge in [0.1, 0.15) is 0 Å². The summed E-state index contributed by atoms with van der Waals surface area (Å²) in [4.78, 5) is 0.698. The van der Waals surface area contributed by atoms with Crippen LogP contribution < -0.4 is 5.62 Å². The third-order valence-corrected chi connectivity index (χ3v) is 6.29. The second-order valence-corrected chi connectivity index (χ2v) is 8.21. The van der Waals surface area contributed by atoms with E-state index in [-0.39, 0.29) is 0 Å². The SMILES string of the molecule is CCn1c2c(n(CCCOC3CCC(Br)CC3)c1=N)CCCC2. The van der Waals surface area contributed by atoms with Crippen molar-refractivity contribution in [2.24, 2.45) is 0 Å². The van der Waals surface area contributed by atoms with E-state index in [0.29, 0.717) is 16.5 Å². The van der Waals surface area contributed by atoms with Crippen molar-refractivity contribution in [3.05, 3.63) is 17.0 Å². The van der Waals surface area contributed by atoms with Crippen LogP contribution in [0.1, 0.15) is 63.3 Å². The minimum Gasteiger partial charge on any atom is -0.378 e. The third-order valence-electron chi connectivity index (χ3n) is 5.37. The number of ether oxygens (including phenoxy) is 1. The molecule has 1 N–H and O–H groups in total. The summed E-state index contributed by atoms with van der Waals surface area (Å²) in [5, 5.41) is 8.48. The highest BCUT2D eigenvalue weighted by atomic mass is 79.9. The highest BCUT2D eigenvalue weighted by molar-refractivity contribution is 9.09. The molecule has 5 heteroatoms. The largest absolute Gasteiger partial charge is 0.378 e. The van der Waals surface area contributed by atoms with Crippen molar-refractivity contribution < 1.29 is 4.74 Å². The van der Waals surface area contributed by atoms with E-state index in [1.54, 1.807) is 0 Å². The van der Waals surface area contributed by atoms with Crippen LogP contribution in [0.25, 0.3) is 0 Å². The summed E-state index contributed by atoms with van der Waals surface area (Å²) in [6.07, 6.45) is 11.2. The van der Waals surface area contributed by atoms with Crippen molar-refractivity contribution in [2.45, 2.75) is 88.7 Å². The van der Waals surface area contributed by atoms with Crippen LogP contribution in [-0.4, -0.2) is 26.7 Å². The molecule has 1 fully saturated rings. The number of imidazole rings is 1. The molecule has 3 rings (SSSR count). The van der Waals surface area contributed by atoms with Gasteiger partial charge in [-0.1, -0.05) is 15.9 Å². The quantitative estimate of drug-likeness (QED) is 0.589. The smallest absolute Gasteiger partial charge is 0.202 e. The van der Waals surface area contributed by atoms with Crippen molar-refractivity contribution in [3.63, 3.8) is 0 Å². The van der Waals surface area contributed by atoms with Crippen LogP contribution in [-0.2, 0) is 30.7 Å². The minimum atomic E-state index is 0.457. The Kier molecular flexibility index (Phi) is 6.02. The molecule has 0 aliphatic heterocycles. The first-order valence-corrected chi connectivity index (χ1v) is 10.2. The maximum Gasteiger partial charge on any atom is 0.202 e. The van der Waals surface area contributed by atoms with E-state index in [2.05, 4.69) is 32.0 Å². The molecule has 0 bridgehead atoms. The lowest BCUT2D eigenvalue weighted by Crippen LogP contribution is -2.26. The second kappa shape index (κ2) is 8.02. The number of halogens is 1. The van der Waals surface area contributed by atoms with Gasteiger partial charge in [0, 0.05) is 35.9 Å². The van der Waals surface area contributed by atoms with E-state index < -0.39 is 0 Å². The van der Waals surface area contributed by atoms with Crippen molar-refractivity contribution >= 4 is 15.9 Å². The van der Waals surface area contributed by atoms with Gasteiger partial charge in [-0.15, -0.1) is 0 Å². The molecule has 0 atom stereocenters. The molecule has 4 nitrogen and oxygen atoms in total. The molecule has 1 aromatic rings. The Labute approximate surface area is 147 Å². The van der Waals surface area contributed by atoms with Gasteiger partial charge >= 0.3 is 0 Å². The van der Waals surface area contributed by atoms with Crippen molar-refractivity contribution in [3.8, 4) is 0 Å². The molecule has 1 heterocycles. The minimum absolute atomic E-state index is 0.457. The van der Waals surface area contributed by atoms with E-state index in [1.165, 1.54) is 49.9 Å². The van der Waals surface area contributed by atoms with Gasteiger partial charge in [0.15, 0.2) is 0 Å². The molecule has 0 unspecified atom stereocenters. The summed E-state index contributed by atoms with van der Waals surface area (Å²) in [6, 6.07) is 0. The predicted octanol–water partition coefficient (Wildman–Crippen LogP) is 3.78. The van der Waals surface area contributed by atoms with E-state index in [1.807, 2.05) is 0 Å². The van der Waals surface area contributed by atoms with Gasteiger partial charge in [-0.05, 0) is 64.7 Å². The van der Waals surface area contributed by atoms with Gasteiger partial charge in [0.2, 0.25) is 5.62 Å². The van der Waals surface area contributed by atoms with Crippen LogP contribution in [0.3, 0.4) is 0 Å². The first-order chi connectivity index (χ1) is 11.2. The lowest BCUT2D eigenvalue weighted by molar-refractivity contribution is 0.0268. The fraction of sp³-hybridized carbons (Fsp3) is 0.833. The molecule has 2 aliphatic carbocycles. The van der Waals surface area contributed by atoms with Crippen LogP contribution in [0.2, 0.25) is 0 Å². The summed E-state index contributed by atoms with van der Waals surface area (Å²) < 4.78 is 10.5. The Bertz CT molecular complexity index is 570. The molecular formula is C18H30BrN3O. The molecule has 0 amide bonds. The molecule has 1 saturated carbocycles. The topological polar surface area (TPSA) is 42.9 Å². The van der Waals surface area contributed by atoms with E-state index in [0.717, 1.165) is 39.0 Å². The van der Waals surface area contributed by atoms with Gasteiger partial charge < -0.3 is 13.9 Å². The zero-order valence-electron chi connectivity index (χ0n) is 14.3. The second-order valence-electron chi connectivity index (χ2n) is 6.92. The van der Waals surface area contributed by atoms with Crippen LogP contribution in [0, 0.1) is 5.41 Å². The molecule has 1 aromatic heterocycles. The summed E-state index contributed by atoms with van der Waals surface area (Å²) in [6.45, 7) is 4.83. The highest BCUT2D eigenvalue weighted by Crippen LogP contribution is 2.26. The van der Waals surface area contributed by atoms with E-state index in [4.69, 9.17) is 10.1 Å². The summed E-state index contributed by atoms with van der Waals surface area (Å²) in [7, 11) is 0. The number of alkyl halides is 1. The first-order valence-electron chi connectivity index (χ1n) is 9.32. The monoisotopic (exact) mass is 383 g/mol. The average molecular weight is 384 g/mol. The Morgan fingerprint density at radius 3 is 2.39 bits per heavy atom. The lowest BCUT2D eigenvalue weighted by Gasteiger charge is -2.25.